The van der Waals surface area contributed by atoms with Gasteiger partial charge in [0.1, 0.15) is 0 Å². The summed E-state index contributed by atoms with van der Waals surface area (Å²) in [5.41, 5.74) is 0. The number of carbonyl (C=O) groups is 1. The zero-order valence-corrected chi connectivity index (χ0v) is 9.33. The van der Waals surface area contributed by atoms with Crippen molar-refractivity contribution in [2.75, 3.05) is 0 Å². The topological polar surface area (TPSA) is 17.1 Å². The van der Waals surface area contributed by atoms with Crippen LogP contribution in [0.15, 0.2) is 0 Å². The van der Waals surface area contributed by atoms with Crippen molar-refractivity contribution < 1.29 is 25.9 Å². The van der Waals surface area contributed by atoms with E-state index in [0.717, 1.165) is 5.92 Å². The van der Waals surface area contributed by atoms with Crippen LogP contribution in [0.2, 0.25) is 0 Å². The molecule has 0 aromatic carbocycles. The van der Waals surface area contributed by atoms with Crippen molar-refractivity contribution in [2.45, 2.75) is 27.7 Å². The number of Topliss-reactive ketones (excluding diaryl/α,β-unsaturated/α-hetero) is 1. The summed E-state index contributed by atoms with van der Waals surface area (Å²) in [5.74, 6) is 1.34. The van der Waals surface area contributed by atoms with Crippen LogP contribution in [0.4, 0.5) is 0 Å². The zero-order chi connectivity index (χ0) is 6.73. The van der Waals surface area contributed by atoms with Crippen LogP contribution in [-0.2, 0) is 25.9 Å². The van der Waals surface area contributed by atoms with Crippen LogP contribution in [0.25, 0.3) is 0 Å². The average molecular weight is 297 g/mol. The van der Waals surface area contributed by atoms with Gasteiger partial charge in [-0.3, -0.25) is 0 Å². The quantitative estimate of drug-likeness (QED) is 0.711. The van der Waals surface area contributed by atoms with Crippen LogP contribution in [0.1, 0.15) is 27.7 Å². The Bertz CT molecular complexity index is 76.9. The smallest absolute Gasteiger partial charge is 0.00361 e. The van der Waals surface area contributed by atoms with Crippen molar-refractivity contribution in [3.8, 4) is 0 Å². The first kappa shape index (κ1) is 12.0. The van der Waals surface area contributed by atoms with E-state index in [9.17, 15) is 4.79 Å². The van der Waals surface area contributed by atoms with Gasteiger partial charge in [-0.1, -0.05) is 13.8 Å². The molecule has 9 heavy (non-hydrogen) atoms. The molecular weight excluding hydrogens is 284 g/mol. The molecule has 0 N–H and O–H groups in total. The molecule has 0 atom stereocenters. The number of rotatable bonds is 2. The molecule has 0 heterocycles. The monoisotopic (exact) mass is 297 g/mol. The van der Waals surface area contributed by atoms with Crippen LogP contribution in [0, 0.1) is 11.8 Å². The van der Waals surface area contributed by atoms with E-state index >= 15 is 0 Å². The Morgan fingerprint density at radius 2 is 1.67 bits per heavy atom. The SMILES string of the molecule is C[C-](C)C(=O)C(C)C.[W]. The summed E-state index contributed by atoms with van der Waals surface area (Å²) < 4.78 is 0. The average Bonchev–Trinajstić information content (AvgIpc) is 1.64. The van der Waals surface area contributed by atoms with Crippen LogP contribution in [0.5, 0.6) is 0 Å². The van der Waals surface area contributed by atoms with Crippen molar-refractivity contribution in [3.05, 3.63) is 5.92 Å². The van der Waals surface area contributed by atoms with Gasteiger partial charge >= 0.3 is 0 Å². The van der Waals surface area contributed by atoms with Gasteiger partial charge in [-0.15, -0.1) is 0 Å². The number of carbonyl (C=O) groups excluding carboxylic acids is 1. The maximum atomic E-state index is 10.8. The maximum absolute atomic E-state index is 10.8. The van der Waals surface area contributed by atoms with Gasteiger partial charge in [0.05, 0.1) is 0 Å². The number of hydrogen-bond donors (Lipinski definition) is 0. The Hall–Kier alpha value is 0.228. The molecule has 0 aliphatic rings. The molecule has 0 aromatic rings. The largest absolute Gasteiger partial charge is 0.334 e. The van der Waals surface area contributed by atoms with Gasteiger partial charge in [0.25, 0.3) is 0 Å². The molecule has 0 amide bonds. The molecule has 0 rings (SSSR count). The minimum atomic E-state index is 0. The van der Waals surface area contributed by atoms with Crippen LogP contribution in [-0.4, -0.2) is 5.78 Å². The van der Waals surface area contributed by atoms with Gasteiger partial charge in [-0.25, -0.2) is 0 Å². The summed E-state index contributed by atoms with van der Waals surface area (Å²) in [7, 11) is 0. The summed E-state index contributed by atoms with van der Waals surface area (Å²) in [6, 6.07) is 0. The predicted molar refractivity (Wildman–Crippen MR) is 34.4 cm³/mol. The molecule has 0 spiro atoms. The van der Waals surface area contributed by atoms with E-state index in [0.29, 0.717) is 0 Å². The van der Waals surface area contributed by atoms with Crippen molar-refractivity contribution in [1.82, 2.24) is 0 Å². The maximum Gasteiger partial charge on any atom is 0.00361 e. The minimum absolute atomic E-state index is 0. The third-order valence-corrected chi connectivity index (χ3v) is 1.02. The summed E-state index contributed by atoms with van der Waals surface area (Å²) >= 11 is 0. The summed E-state index contributed by atoms with van der Waals surface area (Å²) in [5, 5.41) is 0. The molecule has 1 nitrogen and oxygen atoms in total. The minimum Gasteiger partial charge on any atom is -0.334 e. The molecule has 0 fully saturated rings. The zero-order valence-electron chi connectivity index (χ0n) is 6.39. The van der Waals surface area contributed by atoms with E-state index in [1.807, 2.05) is 27.7 Å². The van der Waals surface area contributed by atoms with Gasteiger partial charge in [0, 0.05) is 26.8 Å². The van der Waals surface area contributed by atoms with Crippen molar-refractivity contribution in [3.63, 3.8) is 0 Å². The van der Waals surface area contributed by atoms with E-state index in [2.05, 4.69) is 0 Å². The summed E-state index contributed by atoms with van der Waals surface area (Å²) in [6.07, 6.45) is 0. The second-order valence-electron chi connectivity index (χ2n) is 2.52. The van der Waals surface area contributed by atoms with Crippen LogP contribution < -0.4 is 0 Å². The molecule has 54 valence electrons. The molecule has 0 saturated carbocycles. The third kappa shape index (κ3) is 4.71. The molecule has 0 aliphatic carbocycles. The van der Waals surface area contributed by atoms with E-state index in [-0.39, 0.29) is 32.8 Å². The normalized spacial score (nSPS) is 8.56. The molecule has 0 aliphatic heterocycles. The molecule has 0 radical (unpaired) electrons. The van der Waals surface area contributed by atoms with E-state index in [4.69, 9.17) is 0 Å². The fourth-order valence-electron chi connectivity index (χ4n) is 0.577. The molecule has 2 heteroatoms. The van der Waals surface area contributed by atoms with Gasteiger partial charge in [0.2, 0.25) is 0 Å². The molecule has 0 aromatic heterocycles. The van der Waals surface area contributed by atoms with E-state index in [1.165, 1.54) is 0 Å². The van der Waals surface area contributed by atoms with Gasteiger partial charge in [-0.2, -0.15) is 13.8 Å². The Balaban J connectivity index is 0. The van der Waals surface area contributed by atoms with E-state index < -0.39 is 0 Å². The first-order chi connectivity index (χ1) is 3.55. The number of hydrogen-bond acceptors (Lipinski definition) is 1. The van der Waals surface area contributed by atoms with Crippen molar-refractivity contribution >= 4 is 5.78 Å². The Morgan fingerprint density at radius 1 is 1.33 bits per heavy atom. The number of ketones is 1. The second kappa shape index (κ2) is 5.05. The van der Waals surface area contributed by atoms with Gasteiger partial charge in [-0.05, 0) is 5.92 Å². The van der Waals surface area contributed by atoms with Gasteiger partial charge in [0.15, 0.2) is 0 Å². The Morgan fingerprint density at radius 3 is 1.67 bits per heavy atom. The Labute approximate surface area is 71.5 Å². The van der Waals surface area contributed by atoms with Crippen LogP contribution >= 0.6 is 0 Å². The van der Waals surface area contributed by atoms with Gasteiger partial charge < -0.3 is 10.7 Å². The molecule has 0 saturated heterocycles. The first-order valence-electron chi connectivity index (χ1n) is 2.90. The second-order valence-corrected chi connectivity index (χ2v) is 2.52. The molecule has 0 unspecified atom stereocenters. The molecular formula is C7H13OW-. The van der Waals surface area contributed by atoms with Crippen LogP contribution in [0.3, 0.4) is 0 Å². The third-order valence-electron chi connectivity index (χ3n) is 1.02. The summed E-state index contributed by atoms with van der Waals surface area (Å²) in [4.78, 5) is 10.8. The standard InChI is InChI=1S/C7H13O.W/c1-5(2)7(8)6(3)4;/h5H,1-4H3;/q-1;. The first-order valence-corrected chi connectivity index (χ1v) is 2.90. The van der Waals surface area contributed by atoms with E-state index in [1.54, 1.807) is 0 Å². The molecule has 0 bridgehead atoms. The van der Waals surface area contributed by atoms with Crippen molar-refractivity contribution in [1.29, 1.82) is 0 Å². The predicted octanol–water partition coefficient (Wildman–Crippen LogP) is 1.82. The fraction of sp³-hybridized carbons (Fsp3) is 0.714. The Kier molecular flexibility index (Phi) is 6.71. The summed E-state index contributed by atoms with van der Waals surface area (Å²) in [6.45, 7) is 7.52. The fourth-order valence-corrected chi connectivity index (χ4v) is 0.577. The van der Waals surface area contributed by atoms with Crippen molar-refractivity contribution in [2.24, 2.45) is 5.92 Å².